The molecule has 1 aromatic carbocycles. The van der Waals surface area contributed by atoms with Gasteiger partial charge in [-0.3, -0.25) is 4.79 Å². The topological polar surface area (TPSA) is 88.5 Å². The molecule has 1 saturated carbocycles. The molecule has 2 N–H and O–H groups in total. The summed E-state index contributed by atoms with van der Waals surface area (Å²) in [6.07, 6.45) is 18.5. The standard InChI is InChI=1S/C28H41N5O3/c1-20-17-23(28(35)36-3)25(18-21(20)2)30-27(34)24-13-14-26(32-16-15-29-19-32)33(31-24)22-11-9-7-5-4-6-8-10-12-22/h15-19,22,24,26,31H,4-14H2,1-3H3,(H,30,34). The number of anilines is 1. The molecule has 2 aromatic rings. The van der Waals surface area contributed by atoms with Gasteiger partial charge in [0.1, 0.15) is 12.2 Å². The van der Waals surface area contributed by atoms with Gasteiger partial charge in [-0.25, -0.2) is 20.2 Å². The van der Waals surface area contributed by atoms with E-state index in [-0.39, 0.29) is 18.1 Å². The molecule has 0 spiro atoms. The lowest BCUT2D eigenvalue weighted by atomic mass is 9.95. The molecule has 2 atom stereocenters. The molecular formula is C28H41N5O3. The van der Waals surface area contributed by atoms with Crippen LogP contribution in [0, 0.1) is 13.8 Å². The van der Waals surface area contributed by atoms with Crippen molar-refractivity contribution in [2.24, 2.45) is 0 Å². The minimum absolute atomic E-state index is 0.122. The minimum atomic E-state index is -0.451. The van der Waals surface area contributed by atoms with Gasteiger partial charge in [-0.15, -0.1) is 0 Å². The fourth-order valence-corrected chi connectivity index (χ4v) is 5.55. The zero-order chi connectivity index (χ0) is 25.5. The molecule has 2 unspecified atom stereocenters. The first-order valence-electron chi connectivity index (χ1n) is 13.5. The number of carbonyl (C=O) groups excluding carboxylic acids is 2. The van der Waals surface area contributed by atoms with Crippen molar-refractivity contribution in [2.45, 2.75) is 103 Å². The summed E-state index contributed by atoms with van der Waals surface area (Å²) in [6, 6.07) is 3.62. The van der Waals surface area contributed by atoms with Crippen LogP contribution in [0.3, 0.4) is 0 Å². The SMILES string of the molecule is COC(=O)c1cc(C)c(C)cc1NC(=O)C1CCC(n2ccnc2)N(C2CCCCCCCCC2)N1. The summed E-state index contributed by atoms with van der Waals surface area (Å²) in [5, 5.41) is 5.36. The number of aryl methyl sites for hydroxylation is 2. The van der Waals surface area contributed by atoms with Crippen LogP contribution in [0.4, 0.5) is 5.69 Å². The van der Waals surface area contributed by atoms with Gasteiger partial charge in [0.25, 0.3) is 0 Å². The van der Waals surface area contributed by atoms with Gasteiger partial charge in [0.15, 0.2) is 0 Å². The quantitative estimate of drug-likeness (QED) is 0.548. The van der Waals surface area contributed by atoms with Crippen LogP contribution in [-0.4, -0.2) is 45.6 Å². The number of hydrazine groups is 1. The number of amides is 1. The maximum absolute atomic E-state index is 13.5. The van der Waals surface area contributed by atoms with Crippen LogP contribution >= 0.6 is 0 Å². The smallest absolute Gasteiger partial charge is 0.339 e. The third-order valence-electron chi connectivity index (χ3n) is 7.79. The second-order valence-electron chi connectivity index (χ2n) is 10.3. The Labute approximate surface area is 214 Å². The van der Waals surface area contributed by atoms with E-state index in [1.807, 2.05) is 38.6 Å². The van der Waals surface area contributed by atoms with Crippen LogP contribution in [0.15, 0.2) is 30.9 Å². The Morgan fingerprint density at radius 1 is 0.972 bits per heavy atom. The molecular weight excluding hydrogens is 454 g/mol. The molecule has 0 radical (unpaired) electrons. The number of nitrogens with one attached hydrogen (secondary N) is 2. The molecule has 1 saturated heterocycles. The van der Waals surface area contributed by atoms with E-state index in [0.29, 0.717) is 23.7 Å². The maximum Gasteiger partial charge on any atom is 0.339 e. The Morgan fingerprint density at radius 2 is 1.64 bits per heavy atom. The third kappa shape index (κ3) is 6.34. The zero-order valence-corrected chi connectivity index (χ0v) is 22.0. The first-order chi connectivity index (χ1) is 17.5. The molecule has 36 heavy (non-hydrogen) atoms. The number of nitrogens with zero attached hydrogens (tertiary/aromatic N) is 3. The van der Waals surface area contributed by atoms with E-state index in [1.54, 1.807) is 6.07 Å². The lowest BCUT2D eigenvalue weighted by molar-refractivity contribution is -0.124. The molecule has 2 aliphatic rings. The molecule has 1 aromatic heterocycles. The van der Waals surface area contributed by atoms with Crippen molar-refractivity contribution in [1.29, 1.82) is 0 Å². The average molecular weight is 496 g/mol. The van der Waals surface area contributed by atoms with Crippen molar-refractivity contribution in [1.82, 2.24) is 20.0 Å². The Morgan fingerprint density at radius 3 is 2.28 bits per heavy atom. The van der Waals surface area contributed by atoms with E-state index >= 15 is 0 Å². The van der Waals surface area contributed by atoms with Crippen LogP contribution in [0.25, 0.3) is 0 Å². The molecule has 2 heterocycles. The van der Waals surface area contributed by atoms with Crippen molar-refractivity contribution < 1.29 is 14.3 Å². The highest BCUT2D eigenvalue weighted by Gasteiger charge is 2.36. The summed E-state index contributed by atoms with van der Waals surface area (Å²) < 4.78 is 7.12. The summed E-state index contributed by atoms with van der Waals surface area (Å²) in [6.45, 7) is 3.92. The van der Waals surface area contributed by atoms with Gasteiger partial charge >= 0.3 is 5.97 Å². The Kier molecular flexibility index (Phi) is 9.15. The van der Waals surface area contributed by atoms with E-state index < -0.39 is 5.97 Å². The monoisotopic (exact) mass is 495 g/mol. The maximum atomic E-state index is 13.5. The highest BCUT2D eigenvalue weighted by molar-refractivity contribution is 6.03. The third-order valence-corrected chi connectivity index (χ3v) is 7.79. The molecule has 1 aliphatic carbocycles. The lowest BCUT2D eigenvalue weighted by Gasteiger charge is -2.45. The Balaban J connectivity index is 1.54. The number of imidazole rings is 1. The normalized spacial score (nSPS) is 22.6. The number of hydrogen-bond acceptors (Lipinski definition) is 6. The Hall–Kier alpha value is -2.71. The van der Waals surface area contributed by atoms with Crippen molar-refractivity contribution in [3.8, 4) is 0 Å². The predicted molar refractivity (Wildman–Crippen MR) is 140 cm³/mol. The lowest BCUT2D eigenvalue weighted by Crippen LogP contribution is -2.59. The molecule has 8 nitrogen and oxygen atoms in total. The number of benzene rings is 1. The minimum Gasteiger partial charge on any atom is -0.465 e. The van der Waals surface area contributed by atoms with Crippen LogP contribution in [0.2, 0.25) is 0 Å². The fraction of sp³-hybridized carbons (Fsp3) is 0.607. The number of rotatable bonds is 5. The van der Waals surface area contributed by atoms with Crippen LogP contribution in [0.1, 0.15) is 98.3 Å². The van der Waals surface area contributed by atoms with Gasteiger partial charge < -0.3 is 14.6 Å². The molecule has 1 amide bonds. The van der Waals surface area contributed by atoms with Crippen molar-refractivity contribution in [2.75, 3.05) is 12.4 Å². The first kappa shape index (κ1) is 26.4. The molecule has 0 bridgehead atoms. The highest BCUT2D eigenvalue weighted by Crippen LogP contribution is 2.31. The molecule has 1 aliphatic heterocycles. The number of aromatic nitrogens is 2. The van der Waals surface area contributed by atoms with Gasteiger partial charge in [0.05, 0.1) is 24.7 Å². The fourth-order valence-electron chi connectivity index (χ4n) is 5.55. The van der Waals surface area contributed by atoms with E-state index in [4.69, 9.17) is 4.74 Å². The van der Waals surface area contributed by atoms with E-state index in [9.17, 15) is 9.59 Å². The molecule has 196 valence electrons. The second kappa shape index (κ2) is 12.5. The average Bonchev–Trinajstić information content (AvgIpc) is 3.43. The largest absolute Gasteiger partial charge is 0.465 e. The van der Waals surface area contributed by atoms with E-state index in [1.165, 1.54) is 52.1 Å². The summed E-state index contributed by atoms with van der Waals surface area (Å²) >= 11 is 0. The number of hydrogen-bond donors (Lipinski definition) is 2. The molecule has 2 fully saturated rings. The van der Waals surface area contributed by atoms with Gasteiger partial charge in [-0.2, -0.15) is 0 Å². The van der Waals surface area contributed by atoms with Crippen molar-refractivity contribution in [3.63, 3.8) is 0 Å². The van der Waals surface area contributed by atoms with Crippen molar-refractivity contribution >= 4 is 17.6 Å². The number of methoxy groups -OCH3 is 1. The number of carbonyl (C=O) groups is 2. The van der Waals surface area contributed by atoms with Crippen LogP contribution in [0.5, 0.6) is 0 Å². The summed E-state index contributed by atoms with van der Waals surface area (Å²) in [5.74, 6) is -0.578. The van der Waals surface area contributed by atoms with Gasteiger partial charge in [0.2, 0.25) is 5.91 Å². The van der Waals surface area contributed by atoms with Gasteiger partial charge in [-0.05, 0) is 62.8 Å². The number of esters is 1. The van der Waals surface area contributed by atoms with Gasteiger partial charge in [0, 0.05) is 18.4 Å². The first-order valence-corrected chi connectivity index (χ1v) is 13.5. The summed E-state index contributed by atoms with van der Waals surface area (Å²) in [4.78, 5) is 30.2. The van der Waals surface area contributed by atoms with Gasteiger partial charge in [-0.1, -0.05) is 44.9 Å². The zero-order valence-electron chi connectivity index (χ0n) is 22.0. The molecule has 8 heteroatoms. The van der Waals surface area contributed by atoms with E-state index in [0.717, 1.165) is 30.4 Å². The second-order valence-corrected chi connectivity index (χ2v) is 10.3. The molecule has 4 rings (SSSR count). The van der Waals surface area contributed by atoms with Crippen molar-refractivity contribution in [3.05, 3.63) is 47.5 Å². The Bertz CT molecular complexity index is 1010. The predicted octanol–water partition coefficient (Wildman–Crippen LogP) is 5.29. The highest BCUT2D eigenvalue weighted by atomic mass is 16.5. The number of ether oxygens (including phenoxy) is 1. The summed E-state index contributed by atoms with van der Waals surface area (Å²) in [7, 11) is 1.36. The van der Waals surface area contributed by atoms with E-state index in [2.05, 4.69) is 25.3 Å². The van der Waals surface area contributed by atoms with Crippen LogP contribution < -0.4 is 10.7 Å². The van der Waals surface area contributed by atoms with Crippen LogP contribution in [-0.2, 0) is 9.53 Å². The summed E-state index contributed by atoms with van der Waals surface area (Å²) in [5.41, 5.74) is 6.48.